The summed E-state index contributed by atoms with van der Waals surface area (Å²) in [5.74, 6) is -0.364. The number of sulfonamides is 1. The predicted octanol–water partition coefficient (Wildman–Crippen LogP) is 4.29. The number of aromatic nitrogens is 2. The zero-order valence-electron chi connectivity index (χ0n) is 18.4. The molecule has 33 heavy (non-hydrogen) atoms. The van der Waals surface area contributed by atoms with Crippen LogP contribution in [0.2, 0.25) is 5.02 Å². The van der Waals surface area contributed by atoms with Crippen LogP contribution in [0.1, 0.15) is 35.4 Å². The van der Waals surface area contributed by atoms with E-state index in [0.717, 1.165) is 35.4 Å². The minimum Gasteiger partial charge on any atom is -0.322 e. The maximum atomic E-state index is 12.5. The lowest BCUT2D eigenvalue weighted by molar-refractivity contribution is -0.111. The molecule has 9 heteroatoms. The van der Waals surface area contributed by atoms with Crippen LogP contribution in [0.15, 0.2) is 59.5 Å². The molecule has 0 spiro atoms. The first-order valence-electron chi connectivity index (χ1n) is 10.6. The highest BCUT2D eigenvalue weighted by Crippen LogP contribution is 2.24. The van der Waals surface area contributed by atoms with E-state index in [1.165, 1.54) is 18.2 Å². The highest BCUT2D eigenvalue weighted by Gasteiger charge is 2.28. The Balaban J connectivity index is 1.45. The van der Waals surface area contributed by atoms with Gasteiger partial charge < -0.3 is 5.32 Å². The monoisotopic (exact) mass is 484 g/mol. The van der Waals surface area contributed by atoms with Crippen LogP contribution >= 0.6 is 11.6 Å². The molecule has 0 bridgehead atoms. The molecular weight excluding hydrogens is 460 g/mol. The Bertz CT molecular complexity index is 1330. The van der Waals surface area contributed by atoms with Gasteiger partial charge in [0, 0.05) is 34.1 Å². The minimum absolute atomic E-state index is 0.0153. The second-order valence-corrected chi connectivity index (χ2v) is 10.2. The number of hydrogen-bond donors (Lipinski definition) is 2. The van der Waals surface area contributed by atoms with Crippen LogP contribution in [0.3, 0.4) is 0 Å². The van der Waals surface area contributed by atoms with Gasteiger partial charge >= 0.3 is 0 Å². The van der Waals surface area contributed by atoms with Crippen LogP contribution in [-0.2, 0) is 21.4 Å². The van der Waals surface area contributed by atoms with Crippen molar-refractivity contribution in [2.24, 2.45) is 0 Å². The van der Waals surface area contributed by atoms with Gasteiger partial charge in [-0.3, -0.25) is 9.48 Å². The van der Waals surface area contributed by atoms with Crippen molar-refractivity contribution in [2.75, 3.05) is 5.32 Å². The van der Waals surface area contributed by atoms with Gasteiger partial charge in [-0.25, -0.2) is 13.1 Å². The molecule has 7 nitrogen and oxygen atoms in total. The van der Waals surface area contributed by atoms with Gasteiger partial charge in [-0.2, -0.15) is 5.10 Å². The molecule has 0 saturated heterocycles. The van der Waals surface area contributed by atoms with Crippen LogP contribution in [0.5, 0.6) is 0 Å². The number of nitrogens with one attached hydrogen (secondary N) is 2. The Morgan fingerprint density at radius 1 is 1.18 bits per heavy atom. The average Bonchev–Trinajstić information content (AvgIpc) is 3.53. The van der Waals surface area contributed by atoms with Gasteiger partial charge in [0.1, 0.15) is 0 Å². The summed E-state index contributed by atoms with van der Waals surface area (Å²) >= 11 is 6.27. The number of rotatable bonds is 8. The quantitative estimate of drug-likeness (QED) is 0.466. The van der Waals surface area contributed by atoms with E-state index in [4.69, 9.17) is 11.6 Å². The third kappa shape index (κ3) is 5.71. The highest BCUT2D eigenvalue weighted by molar-refractivity contribution is 7.89. The first-order valence-corrected chi connectivity index (χ1v) is 12.5. The third-order valence-electron chi connectivity index (χ3n) is 5.43. The summed E-state index contributed by atoms with van der Waals surface area (Å²) in [6, 6.07) is 13.8. The number of nitrogens with zero attached hydrogens (tertiary/aromatic N) is 2. The molecule has 3 aromatic rings. The SMILES string of the molecule is Cc1nn(Cc2ccccc2Cl)c(C)c1/C=C/C(=O)Nc1cccc(S(=O)(=O)NC2CC2)c1. The van der Waals surface area contributed by atoms with E-state index in [9.17, 15) is 13.2 Å². The van der Waals surface area contributed by atoms with Gasteiger partial charge in [0.15, 0.2) is 0 Å². The van der Waals surface area contributed by atoms with E-state index in [-0.39, 0.29) is 16.8 Å². The zero-order valence-corrected chi connectivity index (χ0v) is 19.9. The second-order valence-electron chi connectivity index (χ2n) is 8.08. The Morgan fingerprint density at radius 3 is 2.67 bits per heavy atom. The minimum atomic E-state index is -3.59. The topological polar surface area (TPSA) is 93.1 Å². The van der Waals surface area contributed by atoms with Gasteiger partial charge in [0.2, 0.25) is 15.9 Å². The first kappa shape index (κ1) is 23.2. The van der Waals surface area contributed by atoms with Crippen molar-refractivity contribution in [3.63, 3.8) is 0 Å². The van der Waals surface area contributed by atoms with Crippen molar-refractivity contribution in [1.82, 2.24) is 14.5 Å². The van der Waals surface area contributed by atoms with Gasteiger partial charge in [-0.05, 0) is 62.6 Å². The number of carbonyl (C=O) groups excluding carboxylic acids is 1. The van der Waals surface area contributed by atoms with Crippen LogP contribution < -0.4 is 10.0 Å². The van der Waals surface area contributed by atoms with Gasteiger partial charge in [0.25, 0.3) is 0 Å². The van der Waals surface area contributed by atoms with Crippen molar-refractivity contribution in [3.8, 4) is 0 Å². The Labute approximate surface area is 198 Å². The van der Waals surface area contributed by atoms with Crippen molar-refractivity contribution in [1.29, 1.82) is 0 Å². The van der Waals surface area contributed by atoms with E-state index in [0.29, 0.717) is 17.3 Å². The maximum Gasteiger partial charge on any atom is 0.248 e. The summed E-state index contributed by atoms with van der Waals surface area (Å²) in [5.41, 5.74) is 3.93. The van der Waals surface area contributed by atoms with E-state index in [1.807, 2.05) is 42.8 Å². The van der Waals surface area contributed by atoms with Crippen LogP contribution in [0.4, 0.5) is 5.69 Å². The van der Waals surface area contributed by atoms with Crippen molar-refractivity contribution < 1.29 is 13.2 Å². The molecule has 1 aliphatic rings. The maximum absolute atomic E-state index is 12.5. The van der Waals surface area contributed by atoms with Gasteiger partial charge in [0.05, 0.1) is 17.1 Å². The number of carbonyl (C=O) groups is 1. The normalized spacial score (nSPS) is 14.0. The standard InChI is InChI=1S/C24H25ClN4O3S/c1-16-22(17(2)29(27-16)15-18-6-3-4-9-23(18)25)12-13-24(30)26-20-7-5-8-21(14-20)33(31,32)28-19-10-11-19/h3-9,12-14,19,28H,10-11,15H2,1-2H3,(H,26,30)/b13-12+. The van der Waals surface area contributed by atoms with E-state index < -0.39 is 10.0 Å². The average molecular weight is 485 g/mol. The molecular formula is C24H25ClN4O3S. The fraction of sp³-hybridized carbons (Fsp3) is 0.250. The Kier molecular flexibility index (Phi) is 6.69. The lowest BCUT2D eigenvalue weighted by Crippen LogP contribution is -2.25. The lowest BCUT2D eigenvalue weighted by Gasteiger charge is -2.08. The summed E-state index contributed by atoms with van der Waals surface area (Å²) in [7, 11) is -3.59. The highest BCUT2D eigenvalue weighted by atomic mass is 35.5. The number of hydrogen-bond acceptors (Lipinski definition) is 4. The molecule has 0 atom stereocenters. The summed E-state index contributed by atoms with van der Waals surface area (Å²) in [6.45, 7) is 4.35. The predicted molar refractivity (Wildman–Crippen MR) is 130 cm³/mol. The van der Waals surface area contributed by atoms with Crippen molar-refractivity contribution in [2.45, 2.75) is 44.2 Å². The molecule has 1 saturated carbocycles. The lowest BCUT2D eigenvalue weighted by atomic mass is 10.1. The summed E-state index contributed by atoms with van der Waals surface area (Å²) in [5, 5.41) is 7.98. The van der Waals surface area contributed by atoms with Gasteiger partial charge in [-0.1, -0.05) is 35.9 Å². The number of anilines is 1. The van der Waals surface area contributed by atoms with Crippen LogP contribution in [-0.4, -0.2) is 30.1 Å². The smallest absolute Gasteiger partial charge is 0.248 e. The molecule has 4 rings (SSSR count). The van der Waals surface area contributed by atoms with Crippen molar-refractivity contribution in [3.05, 3.63) is 82.1 Å². The molecule has 172 valence electrons. The third-order valence-corrected chi connectivity index (χ3v) is 7.31. The largest absolute Gasteiger partial charge is 0.322 e. The zero-order chi connectivity index (χ0) is 23.6. The Morgan fingerprint density at radius 2 is 1.94 bits per heavy atom. The van der Waals surface area contributed by atoms with E-state index in [2.05, 4.69) is 15.1 Å². The van der Waals surface area contributed by atoms with Gasteiger partial charge in [-0.15, -0.1) is 0 Å². The van der Waals surface area contributed by atoms with Crippen LogP contribution in [0.25, 0.3) is 6.08 Å². The molecule has 2 N–H and O–H groups in total. The molecule has 2 aromatic carbocycles. The number of halogens is 1. The fourth-order valence-corrected chi connectivity index (χ4v) is 5.01. The molecule has 0 aliphatic heterocycles. The molecule has 1 aromatic heterocycles. The molecule has 1 fully saturated rings. The molecule has 1 amide bonds. The first-order chi connectivity index (χ1) is 15.7. The number of amides is 1. The molecule has 0 unspecified atom stereocenters. The molecule has 0 radical (unpaired) electrons. The summed E-state index contributed by atoms with van der Waals surface area (Å²) < 4.78 is 29.3. The second kappa shape index (κ2) is 9.51. The fourth-order valence-electron chi connectivity index (χ4n) is 3.47. The summed E-state index contributed by atoms with van der Waals surface area (Å²) in [4.78, 5) is 12.6. The Hall–Kier alpha value is -2.94. The van der Waals surface area contributed by atoms with Crippen molar-refractivity contribution >= 4 is 39.3 Å². The van der Waals surface area contributed by atoms with E-state index >= 15 is 0 Å². The molecule has 1 heterocycles. The van der Waals surface area contributed by atoms with Crippen LogP contribution in [0, 0.1) is 13.8 Å². The summed E-state index contributed by atoms with van der Waals surface area (Å²) in [6.07, 6.45) is 4.84. The molecule has 1 aliphatic carbocycles. The number of aryl methyl sites for hydroxylation is 1. The van der Waals surface area contributed by atoms with E-state index in [1.54, 1.807) is 18.2 Å². The number of benzene rings is 2.